The largest absolute Gasteiger partial charge is 0.325 e. The highest BCUT2D eigenvalue weighted by molar-refractivity contribution is 6.00. The minimum absolute atomic E-state index is 0.109. The van der Waals surface area contributed by atoms with Crippen molar-refractivity contribution in [1.82, 2.24) is 15.0 Å². The molecule has 0 spiro atoms. The van der Waals surface area contributed by atoms with Gasteiger partial charge in [0.05, 0.1) is 17.6 Å². The van der Waals surface area contributed by atoms with Crippen LogP contribution < -0.4 is 16.6 Å². The van der Waals surface area contributed by atoms with Crippen LogP contribution in [0.15, 0.2) is 52.2 Å². The van der Waals surface area contributed by atoms with Gasteiger partial charge in [-0.15, -0.1) is 0 Å². The summed E-state index contributed by atoms with van der Waals surface area (Å²) in [5.74, 6) is -0.348. The first kappa shape index (κ1) is 13.7. The number of hydrogen-bond donors (Lipinski definition) is 3. The maximum absolute atomic E-state index is 12.1. The van der Waals surface area contributed by atoms with Crippen molar-refractivity contribution in [3.8, 4) is 0 Å². The summed E-state index contributed by atoms with van der Waals surface area (Å²) in [6.07, 6.45) is 1.54. The first-order chi connectivity index (χ1) is 10.6. The summed E-state index contributed by atoms with van der Waals surface area (Å²) in [7, 11) is 0. The van der Waals surface area contributed by atoms with E-state index in [0.29, 0.717) is 11.2 Å². The fraction of sp³-hybridized carbons (Fsp3) is 0.0667. The Morgan fingerprint density at radius 2 is 1.95 bits per heavy atom. The van der Waals surface area contributed by atoms with Crippen molar-refractivity contribution in [3.63, 3.8) is 0 Å². The Morgan fingerprint density at radius 3 is 2.77 bits per heavy atom. The number of nitrogens with zero attached hydrogens (tertiary/aromatic N) is 1. The average molecular weight is 296 g/mol. The maximum Gasteiger partial charge on any atom is 0.325 e. The summed E-state index contributed by atoms with van der Waals surface area (Å²) < 4.78 is 0. The predicted molar refractivity (Wildman–Crippen MR) is 81.8 cm³/mol. The number of pyridine rings is 1. The second-order valence-corrected chi connectivity index (χ2v) is 4.72. The van der Waals surface area contributed by atoms with Crippen LogP contribution in [0.2, 0.25) is 0 Å². The van der Waals surface area contributed by atoms with E-state index in [4.69, 9.17) is 0 Å². The van der Waals surface area contributed by atoms with Gasteiger partial charge in [-0.3, -0.25) is 19.6 Å². The van der Waals surface area contributed by atoms with E-state index >= 15 is 0 Å². The molecule has 0 aliphatic heterocycles. The molecule has 0 aliphatic carbocycles. The third-order valence-electron chi connectivity index (χ3n) is 3.07. The molecule has 3 N–H and O–H groups in total. The SMILES string of the molecule is O=C(Cc1cc(=O)[nH]c(=O)[nH]1)Nc1cccc2cccnc12. The van der Waals surface area contributed by atoms with Gasteiger partial charge in [0.15, 0.2) is 0 Å². The summed E-state index contributed by atoms with van der Waals surface area (Å²) >= 11 is 0. The second-order valence-electron chi connectivity index (χ2n) is 4.72. The summed E-state index contributed by atoms with van der Waals surface area (Å²) in [5, 5.41) is 3.64. The van der Waals surface area contributed by atoms with Crippen LogP contribution in [0.4, 0.5) is 5.69 Å². The highest BCUT2D eigenvalue weighted by atomic mass is 16.2. The van der Waals surface area contributed by atoms with Gasteiger partial charge in [-0.2, -0.15) is 0 Å². The molecule has 1 aromatic carbocycles. The number of amides is 1. The van der Waals surface area contributed by atoms with E-state index in [1.165, 1.54) is 6.07 Å². The molecule has 2 heterocycles. The standard InChI is InChI=1S/C15H12N4O3/c20-12(7-10-8-13(21)19-15(22)17-10)18-11-5-1-3-9-4-2-6-16-14(9)11/h1-6,8H,7H2,(H,18,20)(H2,17,19,21,22). The molecule has 0 atom stereocenters. The summed E-state index contributed by atoms with van der Waals surface area (Å²) in [6.45, 7) is 0. The lowest BCUT2D eigenvalue weighted by Gasteiger charge is -2.07. The highest BCUT2D eigenvalue weighted by Gasteiger charge is 2.08. The fourth-order valence-electron chi connectivity index (χ4n) is 2.19. The lowest BCUT2D eigenvalue weighted by molar-refractivity contribution is -0.115. The van der Waals surface area contributed by atoms with E-state index in [1.807, 2.05) is 29.2 Å². The van der Waals surface area contributed by atoms with Gasteiger partial charge < -0.3 is 10.3 Å². The van der Waals surface area contributed by atoms with Gasteiger partial charge in [0.25, 0.3) is 5.56 Å². The van der Waals surface area contributed by atoms with Crippen LogP contribution in [0.3, 0.4) is 0 Å². The molecule has 3 rings (SSSR count). The molecule has 0 saturated carbocycles. The third kappa shape index (κ3) is 2.93. The number of nitrogens with one attached hydrogen (secondary N) is 3. The number of H-pyrrole nitrogens is 2. The van der Waals surface area contributed by atoms with E-state index in [1.54, 1.807) is 12.3 Å². The zero-order chi connectivity index (χ0) is 15.5. The number of anilines is 1. The van der Waals surface area contributed by atoms with Crippen LogP contribution in [-0.4, -0.2) is 20.9 Å². The van der Waals surface area contributed by atoms with E-state index in [0.717, 1.165) is 5.39 Å². The van der Waals surface area contributed by atoms with Crippen LogP contribution in [0.1, 0.15) is 5.69 Å². The molecule has 0 fully saturated rings. The number of aromatic amines is 2. The van der Waals surface area contributed by atoms with Crippen molar-refractivity contribution >= 4 is 22.5 Å². The second kappa shape index (κ2) is 5.65. The predicted octanol–water partition coefficient (Wildman–Crippen LogP) is 0.793. The topological polar surface area (TPSA) is 108 Å². The molecule has 0 bridgehead atoms. The van der Waals surface area contributed by atoms with Gasteiger partial charge in [-0.05, 0) is 12.1 Å². The molecule has 3 aromatic rings. The molecule has 22 heavy (non-hydrogen) atoms. The quantitative estimate of drug-likeness (QED) is 0.664. The van der Waals surface area contributed by atoms with Gasteiger partial charge in [0.2, 0.25) is 5.91 Å². The zero-order valence-corrected chi connectivity index (χ0v) is 11.4. The molecule has 7 heteroatoms. The minimum Gasteiger partial charge on any atom is -0.324 e. The van der Waals surface area contributed by atoms with Gasteiger partial charge in [0, 0.05) is 23.3 Å². The molecule has 0 aliphatic rings. The van der Waals surface area contributed by atoms with Gasteiger partial charge >= 0.3 is 5.69 Å². The van der Waals surface area contributed by atoms with Crippen molar-refractivity contribution in [3.05, 3.63) is 69.1 Å². The smallest absolute Gasteiger partial charge is 0.324 e. The van der Waals surface area contributed by atoms with Gasteiger partial charge in [-0.25, -0.2) is 4.79 Å². The highest BCUT2D eigenvalue weighted by Crippen LogP contribution is 2.20. The van der Waals surface area contributed by atoms with E-state index < -0.39 is 11.2 Å². The molecular weight excluding hydrogens is 284 g/mol. The first-order valence-electron chi connectivity index (χ1n) is 6.58. The van der Waals surface area contributed by atoms with Crippen molar-refractivity contribution in [2.45, 2.75) is 6.42 Å². The van der Waals surface area contributed by atoms with E-state index in [-0.39, 0.29) is 18.0 Å². The molecule has 110 valence electrons. The number of carbonyl (C=O) groups excluding carboxylic acids is 1. The normalized spacial score (nSPS) is 10.5. The summed E-state index contributed by atoms with van der Waals surface area (Å²) in [5.41, 5.74) is 0.327. The number of fused-ring (bicyclic) bond motifs is 1. The number of para-hydroxylation sites is 1. The number of rotatable bonds is 3. The van der Waals surface area contributed by atoms with Crippen molar-refractivity contribution in [2.24, 2.45) is 0 Å². The van der Waals surface area contributed by atoms with Crippen LogP contribution in [0, 0.1) is 0 Å². The molecule has 1 amide bonds. The Bertz CT molecular complexity index is 925. The Hall–Kier alpha value is -3.22. The van der Waals surface area contributed by atoms with Gasteiger partial charge in [0.1, 0.15) is 0 Å². The van der Waals surface area contributed by atoms with E-state index in [2.05, 4.69) is 15.3 Å². The van der Waals surface area contributed by atoms with E-state index in [9.17, 15) is 14.4 Å². The molecule has 0 unspecified atom stereocenters. The molecular formula is C15H12N4O3. The Morgan fingerprint density at radius 1 is 1.14 bits per heavy atom. The Balaban J connectivity index is 1.84. The van der Waals surface area contributed by atoms with Crippen molar-refractivity contribution in [1.29, 1.82) is 0 Å². The summed E-state index contributed by atoms with van der Waals surface area (Å²) in [6, 6.07) is 10.3. The molecule has 7 nitrogen and oxygen atoms in total. The monoisotopic (exact) mass is 296 g/mol. The van der Waals surface area contributed by atoms with Crippen molar-refractivity contribution in [2.75, 3.05) is 5.32 Å². The lowest BCUT2D eigenvalue weighted by Crippen LogP contribution is -2.25. The maximum atomic E-state index is 12.1. The molecule has 0 saturated heterocycles. The first-order valence-corrected chi connectivity index (χ1v) is 6.58. The number of aromatic nitrogens is 3. The minimum atomic E-state index is -0.637. The molecule has 2 aromatic heterocycles. The number of carbonyl (C=O) groups is 1. The van der Waals surface area contributed by atoms with Crippen LogP contribution in [0.25, 0.3) is 10.9 Å². The Labute approximate surface area is 124 Å². The zero-order valence-electron chi connectivity index (χ0n) is 11.4. The molecule has 0 radical (unpaired) electrons. The average Bonchev–Trinajstić information content (AvgIpc) is 2.46. The van der Waals surface area contributed by atoms with Crippen LogP contribution in [-0.2, 0) is 11.2 Å². The lowest BCUT2D eigenvalue weighted by atomic mass is 10.2. The Kier molecular flexibility index (Phi) is 3.53. The summed E-state index contributed by atoms with van der Waals surface area (Å²) in [4.78, 5) is 43.2. The third-order valence-corrected chi connectivity index (χ3v) is 3.07. The number of benzene rings is 1. The van der Waals surface area contributed by atoms with Crippen LogP contribution in [0.5, 0.6) is 0 Å². The van der Waals surface area contributed by atoms with Crippen molar-refractivity contribution < 1.29 is 4.79 Å². The number of hydrogen-bond acceptors (Lipinski definition) is 4. The van der Waals surface area contributed by atoms with Crippen LogP contribution >= 0.6 is 0 Å². The fourth-order valence-corrected chi connectivity index (χ4v) is 2.19. The van der Waals surface area contributed by atoms with Gasteiger partial charge in [-0.1, -0.05) is 18.2 Å².